The number of nitrogens with two attached hydrogens (primary N) is 1. The van der Waals surface area contributed by atoms with E-state index in [0.717, 1.165) is 0 Å². The number of nitrogens with zero attached hydrogens (tertiary/aromatic N) is 1. The van der Waals surface area contributed by atoms with Gasteiger partial charge in [0.25, 0.3) is 17.7 Å². The lowest BCUT2D eigenvalue weighted by Crippen LogP contribution is -2.57. The van der Waals surface area contributed by atoms with Gasteiger partial charge < -0.3 is 21.1 Å². The largest absolute Gasteiger partial charge is 0.459 e. The molecule has 0 aromatic heterocycles. The van der Waals surface area contributed by atoms with Crippen molar-refractivity contribution in [3.63, 3.8) is 0 Å². The predicted molar refractivity (Wildman–Crippen MR) is 156 cm³/mol. The topological polar surface area (TPSA) is 160 Å². The molecule has 0 heterocycles. The number of halogens is 2. The fourth-order valence-electron chi connectivity index (χ4n) is 3.69. The first-order chi connectivity index (χ1) is 19.4. The third-order valence-electron chi connectivity index (χ3n) is 5.72. The zero-order valence-electron chi connectivity index (χ0n) is 24.4. The van der Waals surface area contributed by atoms with Crippen molar-refractivity contribution in [2.75, 3.05) is 19.0 Å². The van der Waals surface area contributed by atoms with Crippen LogP contribution < -0.4 is 21.8 Å². The maximum atomic E-state index is 13.6. The normalized spacial score (nSPS) is 12.9. The van der Waals surface area contributed by atoms with Crippen molar-refractivity contribution in [3.8, 4) is 0 Å². The van der Waals surface area contributed by atoms with Gasteiger partial charge in [0.1, 0.15) is 24.2 Å². The molecule has 42 heavy (non-hydrogen) atoms. The number of ether oxygens (including phenoxy) is 1. The van der Waals surface area contributed by atoms with Crippen LogP contribution in [-0.2, 0) is 23.9 Å². The van der Waals surface area contributed by atoms with E-state index in [1.807, 2.05) is 0 Å². The van der Waals surface area contributed by atoms with Crippen molar-refractivity contribution in [3.05, 3.63) is 64.7 Å². The molecular weight excluding hydrogens is 569 g/mol. The molecule has 228 valence electrons. The van der Waals surface area contributed by atoms with E-state index in [1.165, 1.54) is 18.2 Å². The van der Waals surface area contributed by atoms with Crippen molar-refractivity contribution in [1.82, 2.24) is 21.1 Å². The smallest absolute Gasteiger partial charge is 0.328 e. The van der Waals surface area contributed by atoms with E-state index in [1.54, 1.807) is 71.9 Å². The summed E-state index contributed by atoms with van der Waals surface area (Å²) >= 11 is 6.05. The predicted octanol–water partition coefficient (Wildman–Crippen LogP) is 3.10. The Bertz CT molecular complexity index is 1310. The Morgan fingerprint density at radius 1 is 0.952 bits per heavy atom. The first kappa shape index (κ1) is 34.0. The number of hydrazine groups is 1. The molecule has 0 fully saturated rings. The van der Waals surface area contributed by atoms with Gasteiger partial charge >= 0.3 is 5.97 Å². The number of amides is 4. The summed E-state index contributed by atoms with van der Waals surface area (Å²) in [5, 5.41) is 5.94. The fourth-order valence-corrected chi connectivity index (χ4v) is 3.87. The van der Waals surface area contributed by atoms with Crippen LogP contribution in [0.1, 0.15) is 63.5 Å². The summed E-state index contributed by atoms with van der Waals surface area (Å²) in [6, 6.07) is 9.79. The van der Waals surface area contributed by atoms with Gasteiger partial charge in [-0.3, -0.25) is 29.4 Å². The van der Waals surface area contributed by atoms with Crippen LogP contribution in [0.2, 0.25) is 5.02 Å². The molecule has 4 amide bonds. The van der Waals surface area contributed by atoms with Crippen LogP contribution in [0.25, 0.3) is 0 Å². The highest BCUT2D eigenvalue weighted by Gasteiger charge is 2.36. The highest BCUT2D eigenvalue weighted by atomic mass is 35.5. The van der Waals surface area contributed by atoms with Crippen molar-refractivity contribution in [2.45, 2.75) is 59.2 Å². The fraction of sp³-hybridized carbons (Fsp3) is 0.414. The maximum Gasteiger partial charge on any atom is 0.328 e. The first-order valence-electron chi connectivity index (χ1n) is 13.0. The van der Waals surface area contributed by atoms with E-state index in [-0.39, 0.29) is 16.3 Å². The number of esters is 1. The molecule has 11 nitrogen and oxygen atoms in total. The van der Waals surface area contributed by atoms with Crippen LogP contribution in [0.15, 0.2) is 48.5 Å². The molecule has 0 bridgehead atoms. The zero-order valence-corrected chi connectivity index (χ0v) is 25.2. The number of nitrogen functional groups attached to an aromatic ring is 1. The molecule has 5 N–H and O–H groups in total. The molecule has 0 saturated carbocycles. The minimum absolute atomic E-state index is 0.163. The molecule has 0 aliphatic rings. The zero-order chi connectivity index (χ0) is 31.8. The van der Waals surface area contributed by atoms with E-state index in [2.05, 4.69) is 16.1 Å². The van der Waals surface area contributed by atoms with Crippen LogP contribution >= 0.6 is 11.6 Å². The van der Waals surface area contributed by atoms with Gasteiger partial charge in [0.2, 0.25) is 5.91 Å². The number of alkyl halides is 1. The van der Waals surface area contributed by atoms with Gasteiger partial charge in [-0.05, 0) is 49.9 Å². The Hall–Kier alpha value is -4.19. The monoisotopic (exact) mass is 605 g/mol. The standard InChI is InChI=1S/C29H37ClFN5O6/c1-28(2,3)24(34-25(39)18-12-13-20(32)19(30)14-18)27(41)33-23(17-10-8-7-9-11-17)26(40)35-36(21(37)15-31)16-22(38)42-29(4,5)6/h7-14,23-24H,15-16,32H2,1-6H3,(H,33,41)(H,34,39)(H,35,40)/t23?,24-/m1/s1. The molecule has 0 aliphatic heterocycles. The molecule has 0 saturated heterocycles. The lowest BCUT2D eigenvalue weighted by molar-refractivity contribution is -0.161. The number of rotatable bonds is 9. The third kappa shape index (κ3) is 10.0. The van der Waals surface area contributed by atoms with E-state index in [9.17, 15) is 28.4 Å². The molecule has 2 atom stereocenters. The van der Waals surface area contributed by atoms with E-state index in [4.69, 9.17) is 22.1 Å². The van der Waals surface area contributed by atoms with Crippen molar-refractivity contribution >= 4 is 46.9 Å². The second-order valence-electron chi connectivity index (χ2n) is 11.5. The number of carbonyl (C=O) groups is 5. The van der Waals surface area contributed by atoms with Crippen molar-refractivity contribution < 1.29 is 33.1 Å². The molecule has 2 aromatic rings. The maximum absolute atomic E-state index is 13.6. The molecule has 1 unspecified atom stereocenters. The lowest BCUT2D eigenvalue weighted by Gasteiger charge is -2.32. The minimum atomic E-state index is -1.50. The average molecular weight is 606 g/mol. The summed E-state index contributed by atoms with van der Waals surface area (Å²) < 4.78 is 18.5. The van der Waals surface area contributed by atoms with Crippen LogP contribution in [0, 0.1) is 5.41 Å². The first-order valence-corrected chi connectivity index (χ1v) is 13.4. The number of hydrogen-bond acceptors (Lipinski definition) is 7. The number of carbonyl (C=O) groups excluding carboxylic acids is 5. The van der Waals surface area contributed by atoms with Gasteiger partial charge in [0.05, 0.1) is 10.7 Å². The Morgan fingerprint density at radius 3 is 2.10 bits per heavy atom. The van der Waals surface area contributed by atoms with E-state index in [0.29, 0.717) is 10.6 Å². The molecular formula is C29H37ClFN5O6. The molecule has 0 radical (unpaired) electrons. The number of nitrogens with one attached hydrogen (secondary N) is 3. The Kier molecular flexibility index (Phi) is 11.4. The van der Waals surface area contributed by atoms with Gasteiger partial charge in [0, 0.05) is 5.56 Å². The van der Waals surface area contributed by atoms with Gasteiger partial charge in [-0.25, -0.2) is 9.40 Å². The Labute approximate surface area is 249 Å². The van der Waals surface area contributed by atoms with Gasteiger partial charge in [-0.2, -0.15) is 0 Å². The second-order valence-corrected chi connectivity index (χ2v) is 11.9. The quantitative estimate of drug-likeness (QED) is 0.194. The van der Waals surface area contributed by atoms with Gasteiger partial charge in [0.15, 0.2) is 6.67 Å². The van der Waals surface area contributed by atoms with E-state index >= 15 is 0 Å². The van der Waals surface area contributed by atoms with Gasteiger partial charge in [-0.15, -0.1) is 0 Å². The van der Waals surface area contributed by atoms with Crippen molar-refractivity contribution in [1.29, 1.82) is 0 Å². The Balaban J connectivity index is 2.35. The molecule has 2 rings (SSSR count). The summed E-state index contributed by atoms with van der Waals surface area (Å²) in [5.41, 5.74) is 6.98. The third-order valence-corrected chi connectivity index (χ3v) is 6.04. The summed E-state index contributed by atoms with van der Waals surface area (Å²) in [7, 11) is 0. The van der Waals surface area contributed by atoms with E-state index < -0.39 is 65.9 Å². The summed E-state index contributed by atoms with van der Waals surface area (Å²) in [4.78, 5) is 64.7. The summed E-state index contributed by atoms with van der Waals surface area (Å²) in [5.74, 6) is -4.36. The van der Waals surface area contributed by atoms with Crippen LogP contribution in [0.5, 0.6) is 0 Å². The summed E-state index contributed by atoms with van der Waals surface area (Å²) in [6.07, 6.45) is 0. The lowest BCUT2D eigenvalue weighted by atomic mass is 9.85. The van der Waals surface area contributed by atoms with Crippen LogP contribution in [0.3, 0.4) is 0 Å². The highest BCUT2D eigenvalue weighted by molar-refractivity contribution is 6.33. The summed E-state index contributed by atoms with van der Waals surface area (Å²) in [6.45, 7) is 7.70. The highest BCUT2D eigenvalue weighted by Crippen LogP contribution is 2.24. The number of hydrogen-bond donors (Lipinski definition) is 4. The molecule has 13 heteroatoms. The van der Waals surface area contributed by atoms with Crippen molar-refractivity contribution in [2.24, 2.45) is 5.41 Å². The van der Waals surface area contributed by atoms with Crippen LogP contribution in [-0.4, -0.2) is 59.5 Å². The number of anilines is 1. The molecule has 0 spiro atoms. The van der Waals surface area contributed by atoms with Gasteiger partial charge in [-0.1, -0.05) is 62.7 Å². The number of benzene rings is 2. The average Bonchev–Trinajstić information content (AvgIpc) is 2.89. The SMILES string of the molecule is CC(C)(C)OC(=O)CN(NC(=O)C(NC(=O)[C@@H](NC(=O)c1ccc(N)c(Cl)c1)C(C)(C)C)c1ccccc1)C(=O)CF. The minimum Gasteiger partial charge on any atom is -0.459 e. The molecule has 0 aliphatic carbocycles. The Morgan fingerprint density at radius 2 is 1.57 bits per heavy atom. The molecule has 2 aromatic carbocycles. The van der Waals surface area contributed by atoms with Crippen LogP contribution in [0.4, 0.5) is 10.1 Å². The second kappa shape index (κ2) is 14.1.